The molecule has 5 aliphatic rings. The van der Waals surface area contributed by atoms with Crippen LogP contribution >= 0.6 is 0 Å². The number of amides is 1. The van der Waals surface area contributed by atoms with Gasteiger partial charge in [0, 0.05) is 41.9 Å². The number of aliphatic hydroxyl groups is 1. The van der Waals surface area contributed by atoms with Gasteiger partial charge < -0.3 is 19.5 Å². The molecule has 2 aromatic rings. The Morgan fingerprint density at radius 3 is 2.45 bits per heavy atom. The number of aliphatic hydroxyl groups excluding tert-OH is 1. The molecule has 7 atom stereocenters. The minimum absolute atomic E-state index is 0.0315. The fourth-order valence-electron chi connectivity index (χ4n) is 10.3. The Balaban J connectivity index is 0.966. The van der Waals surface area contributed by atoms with Crippen LogP contribution in [0.4, 0.5) is 0 Å². The topological polar surface area (TPSA) is 62.2 Å². The summed E-state index contributed by atoms with van der Waals surface area (Å²) >= 11 is 0. The van der Waals surface area contributed by atoms with Crippen molar-refractivity contribution in [2.75, 3.05) is 20.2 Å². The van der Waals surface area contributed by atoms with Crippen molar-refractivity contribution in [3.63, 3.8) is 0 Å². The van der Waals surface area contributed by atoms with E-state index in [2.05, 4.69) is 66.1 Å². The first-order chi connectivity index (χ1) is 22.9. The summed E-state index contributed by atoms with van der Waals surface area (Å²) < 4.78 is 13.0. The smallest absolute Gasteiger partial charge is 0.223 e. The van der Waals surface area contributed by atoms with Crippen LogP contribution in [0.2, 0.25) is 0 Å². The van der Waals surface area contributed by atoms with Gasteiger partial charge in [0.25, 0.3) is 0 Å². The van der Waals surface area contributed by atoms with E-state index in [9.17, 15) is 9.90 Å². The molecule has 1 saturated heterocycles. The Morgan fingerprint density at radius 1 is 1.02 bits per heavy atom. The van der Waals surface area contributed by atoms with Crippen LogP contribution < -0.4 is 9.47 Å². The first-order valence-corrected chi connectivity index (χ1v) is 19.1. The highest BCUT2D eigenvalue weighted by atomic mass is 16.5. The third-order valence-electron chi connectivity index (χ3n) is 12.6. The highest BCUT2D eigenvalue weighted by molar-refractivity contribution is 5.77. The lowest BCUT2D eigenvalue weighted by Crippen LogP contribution is -2.69. The second kappa shape index (κ2) is 14.1. The van der Waals surface area contributed by atoms with Crippen molar-refractivity contribution < 1.29 is 19.4 Å². The predicted octanol–water partition coefficient (Wildman–Crippen LogP) is 7.47. The molecule has 7 rings (SSSR count). The number of carbonyl (C=O) groups is 1. The summed E-state index contributed by atoms with van der Waals surface area (Å²) in [7, 11) is 1.75. The lowest BCUT2D eigenvalue weighted by molar-refractivity contribution is -0.146. The lowest BCUT2D eigenvalue weighted by atomic mass is 9.51. The van der Waals surface area contributed by atoms with Gasteiger partial charge >= 0.3 is 0 Å². The molecule has 3 fully saturated rings. The van der Waals surface area contributed by atoms with Gasteiger partial charge in [-0.2, -0.15) is 0 Å². The minimum Gasteiger partial charge on any atom is -0.493 e. The number of aryl methyl sites for hydroxylation is 1. The maximum absolute atomic E-state index is 14.1. The highest BCUT2D eigenvalue weighted by Gasteiger charge is 2.67. The zero-order chi connectivity index (χ0) is 32.5. The molecule has 256 valence electrons. The van der Waals surface area contributed by atoms with Crippen LogP contribution in [-0.4, -0.2) is 71.3 Å². The Morgan fingerprint density at radius 2 is 1.74 bits per heavy atom. The molecule has 2 aliphatic heterocycles. The summed E-state index contributed by atoms with van der Waals surface area (Å²) in [4.78, 5) is 19.0. The van der Waals surface area contributed by atoms with Crippen LogP contribution in [-0.2, 0) is 23.1 Å². The fourth-order valence-corrected chi connectivity index (χ4v) is 10.3. The van der Waals surface area contributed by atoms with E-state index in [-0.39, 0.29) is 29.7 Å². The predicted molar refractivity (Wildman–Crippen MR) is 187 cm³/mol. The highest BCUT2D eigenvalue weighted by Crippen LogP contribution is 2.64. The Hall–Kier alpha value is -2.57. The third-order valence-corrected chi connectivity index (χ3v) is 12.6. The van der Waals surface area contributed by atoms with Gasteiger partial charge in [-0.25, -0.2) is 0 Å². The zero-order valence-electron chi connectivity index (χ0n) is 29.2. The second-order valence-corrected chi connectivity index (χ2v) is 15.7. The van der Waals surface area contributed by atoms with Gasteiger partial charge in [-0.05, 0) is 94.9 Å². The standard InChI is InChI=1S/C41H58N2O4/c1-28(2)43(37(45)18-14-9-7-5-4-6-8-11-15-29-16-12-10-13-17-29)33-21-20-32-34-25-30-19-22-36(46-3)39-38(30)41(32,40(33)47-39)23-24-42(34)27-31-26-35(31)44/h10,12-13,16-17,19,22,28,31-35,40,44H,4-9,11,14-15,18,20-21,23-27H2,1-3H3/t31?,32-,33-,34+,35?,40-,41-/m0/s1. The molecule has 3 aliphatic carbocycles. The largest absolute Gasteiger partial charge is 0.493 e. The van der Waals surface area contributed by atoms with Gasteiger partial charge in [0.2, 0.25) is 5.91 Å². The number of likely N-dealkylation sites (tertiary alicyclic amines) is 1. The van der Waals surface area contributed by atoms with Crippen LogP contribution in [0.25, 0.3) is 0 Å². The van der Waals surface area contributed by atoms with Gasteiger partial charge in [0.1, 0.15) is 6.10 Å². The number of hydrogen-bond acceptors (Lipinski definition) is 5. The number of rotatable bonds is 16. The SMILES string of the molecule is COc1ccc2c3c1O[C@H]1[C@@H](N(C(=O)CCCCCCCCCCc4ccccc4)C(C)C)CC[C@H]4[C@@H](C2)N(CC2CC2O)CC[C@@]341. The monoisotopic (exact) mass is 642 g/mol. The molecular formula is C41H58N2O4. The van der Waals surface area contributed by atoms with Crippen molar-refractivity contribution >= 4 is 5.91 Å². The van der Waals surface area contributed by atoms with E-state index in [0.717, 1.165) is 69.5 Å². The molecule has 0 radical (unpaired) electrons. The molecule has 2 unspecified atom stereocenters. The number of nitrogens with zero attached hydrogens (tertiary/aromatic N) is 2. The number of methoxy groups -OCH3 is 1. The van der Waals surface area contributed by atoms with Crippen molar-refractivity contribution in [3.05, 3.63) is 59.2 Å². The number of unbranched alkanes of at least 4 members (excludes halogenated alkanes) is 7. The molecule has 2 bridgehead atoms. The van der Waals surface area contributed by atoms with Crippen molar-refractivity contribution in [3.8, 4) is 11.5 Å². The molecule has 2 aromatic carbocycles. The van der Waals surface area contributed by atoms with Gasteiger partial charge in [-0.15, -0.1) is 0 Å². The van der Waals surface area contributed by atoms with Gasteiger partial charge in [-0.1, -0.05) is 74.9 Å². The number of carbonyl (C=O) groups excluding carboxylic acids is 1. The molecule has 2 heterocycles. The first kappa shape index (κ1) is 33.0. The van der Waals surface area contributed by atoms with E-state index < -0.39 is 0 Å². The minimum atomic E-state index is -0.114. The van der Waals surface area contributed by atoms with Crippen molar-refractivity contribution in [2.45, 2.75) is 146 Å². The molecule has 6 nitrogen and oxygen atoms in total. The number of hydrogen-bond donors (Lipinski definition) is 1. The summed E-state index contributed by atoms with van der Waals surface area (Å²) in [5.74, 6) is 3.04. The van der Waals surface area contributed by atoms with Crippen molar-refractivity contribution in [2.24, 2.45) is 11.8 Å². The summed E-state index contributed by atoms with van der Waals surface area (Å²) in [5, 5.41) is 10.2. The van der Waals surface area contributed by atoms with E-state index in [0.29, 0.717) is 30.2 Å². The Kier molecular flexibility index (Phi) is 9.90. The van der Waals surface area contributed by atoms with Gasteiger partial charge in [0.15, 0.2) is 11.5 Å². The second-order valence-electron chi connectivity index (χ2n) is 15.7. The van der Waals surface area contributed by atoms with E-state index in [1.807, 2.05) is 0 Å². The molecule has 6 heteroatoms. The van der Waals surface area contributed by atoms with Gasteiger partial charge in [-0.3, -0.25) is 9.69 Å². The summed E-state index contributed by atoms with van der Waals surface area (Å²) in [5.41, 5.74) is 4.19. The number of benzene rings is 2. The lowest BCUT2D eigenvalue weighted by Gasteiger charge is -2.61. The normalized spacial score (nSPS) is 30.1. The first-order valence-electron chi connectivity index (χ1n) is 19.1. The van der Waals surface area contributed by atoms with Crippen molar-refractivity contribution in [1.29, 1.82) is 0 Å². The van der Waals surface area contributed by atoms with Crippen LogP contribution in [0.5, 0.6) is 11.5 Å². The zero-order valence-corrected chi connectivity index (χ0v) is 29.2. The van der Waals surface area contributed by atoms with E-state index in [1.165, 1.54) is 61.6 Å². The Labute approximate surface area is 283 Å². The van der Waals surface area contributed by atoms with E-state index >= 15 is 0 Å². The van der Waals surface area contributed by atoms with Crippen LogP contribution in [0, 0.1) is 11.8 Å². The molecule has 1 amide bonds. The van der Waals surface area contributed by atoms with E-state index in [1.54, 1.807) is 7.11 Å². The molecule has 1 spiro atoms. The molecule has 2 saturated carbocycles. The average Bonchev–Trinajstić information content (AvgIpc) is 3.65. The van der Waals surface area contributed by atoms with E-state index in [4.69, 9.17) is 9.47 Å². The molecule has 47 heavy (non-hydrogen) atoms. The van der Waals surface area contributed by atoms with Crippen LogP contribution in [0.1, 0.15) is 114 Å². The van der Waals surface area contributed by atoms with Crippen LogP contribution in [0.3, 0.4) is 0 Å². The fraction of sp³-hybridized carbons (Fsp3) is 0.683. The summed E-state index contributed by atoms with van der Waals surface area (Å²) in [6.07, 6.45) is 16.7. The molecular weight excluding hydrogens is 584 g/mol. The summed E-state index contributed by atoms with van der Waals surface area (Å²) in [6, 6.07) is 15.9. The summed E-state index contributed by atoms with van der Waals surface area (Å²) in [6.45, 7) is 6.44. The van der Waals surface area contributed by atoms with Gasteiger partial charge in [0.05, 0.1) is 19.3 Å². The number of ether oxygens (including phenoxy) is 2. The quantitative estimate of drug-likeness (QED) is 0.193. The third kappa shape index (κ3) is 6.34. The molecule has 0 aromatic heterocycles. The maximum atomic E-state index is 14.1. The van der Waals surface area contributed by atoms with Crippen molar-refractivity contribution in [1.82, 2.24) is 9.80 Å². The average molecular weight is 643 g/mol. The Bertz CT molecular complexity index is 1380. The molecule has 1 N–H and O–H groups in total. The maximum Gasteiger partial charge on any atom is 0.223 e. The number of piperidine rings is 1. The van der Waals surface area contributed by atoms with Crippen LogP contribution in [0.15, 0.2) is 42.5 Å².